The smallest absolute Gasteiger partial charge is 0.255 e. The van der Waals surface area contributed by atoms with Crippen molar-refractivity contribution in [3.05, 3.63) is 23.8 Å². The van der Waals surface area contributed by atoms with Crippen LogP contribution >= 0.6 is 12.4 Å². The number of nitrogens with one attached hydrogen (secondary N) is 1. The summed E-state index contributed by atoms with van der Waals surface area (Å²) in [5, 5.41) is 7.36. The number of nitrogens with two attached hydrogens (primary N) is 2. The number of benzene rings is 1. The maximum absolute atomic E-state index is 10.6. The fourth-order valence-corrected chi connectivity index (χ4v) is 1.18. The molecular formula is C10H14ClN3O3. The summed E-state index contributed by atoms with van der Waals surface area (Å²) < 4.78 is 10.2. The molecule has 1 rings (SSSR count). The Morgan fingerprint density at radius 1 is 1.41 bits per heavy atom. The standard InChI is InChI=1S/C10H13N3O3.ClH/c1-15-7-4-2-3-6(10(12)13)9(7)16-5-8(11)14;/h2-4H,5H2,1H3,(H2,11,14)(H3,12,13);1H. The summed E-state index contributed by atoms with van der Waals surface area (Å²) in [5.41, 5.74) is 10.7. The van der Waals surface area contributed by atoms with Crippen LogP contribution in [0.5, 0.6) is 11.5 Å². The molecule has 0 aromatic heterocycles. The van der Waals surface area contributed by atoms with Gasteiger partial charge in [-0.2, -0.15) is 0 Å². The zero-order chi connectivity index (χ0) is 12.1. The Bertz CT molecular complexity index is 423. The first-order valence-corrected chi connectivity index (χ1v) is 4.48. The van der Waals surface area contributed by atoms with Crippen molar-refractivity contribution in [1.82, 2.24) is 0 Å². The molecule has 0 atom stereocenters. The summed E-state index contributed by atoms with van der Waals surface area (Å²) >= 11 is 0. The Morgan fingerprint density at radius 2 is 2.06 bits per heavy atom. The lowest BCUT2D eigenvalue weighted by atomic mass is 10.1. The molecule has 7 heteroatoms. The van der Waals surface area contributed by atoms with E-state index in [9.17, 15) is 4.79 Å². The number of ether oxygens (including phenoxy) is 2. The third-order valence-corrected chi connectivity index (χ3v) is 1.85. The van der Waals surface area contributed by atoms with Crippen molar-refractivity contribution in [3.8, 4) is 11.5 Å². The van der Waals surface area contributed by atoms with Crippen LogP contribution in [0.4, 0.5) is 0 Å². The molecule has 0 spiro atoms. The molecule has 1 aromatic carbocycles. The SMILES string of the molecule is COc1cccc(C(=N)N)c1OCC(N)=O.Cl. The highest BCUT2D eigenvalue weighted by atomic mass is 35.5. The van der Waals surface area contributed by atoms with Gasteiger partial charge in [0.05, 0.1) is 12.7 Å². The van der Waals surface area contributed by atoms with Gasteiger partial charge in [0, 0.05) is 0 Å². The van der Waals surface area contributed by atoms with Crippen LogP contribution in [0.1, 0.15) is 5.56 Å². The number of rotatable bonds is 5. The van der Waals surface area contributed by atoms with E-state index in [0.717, 1.165) is 0 Å². The molecule has 0 radical (unpaired) electrons. The third-order valence-electron chi connectivity index (χ3n) is 1.85. The van der Waals surface area contributed by atoms with Gasteiger partial charge in [-0.1, -0.05) is 6.07 Å². The summed E-state index contributed by atoms with van der Waals surface area (Å²) in [7, 11) is 1.45. The number of primary amides is 1. The molecule has 0 saturated carbocycles. The monoisotopic (exact) mass is 259 g/mol. The predicted octanol–water partition coefficient (Wildman–Crippen LogP) is 0.265. The molecule has 0 unspecified atom stereocenters. The largest absolute Gasteiger partial charge is 0.493 e. The molecule has 1 aromatic rings. The Labute approximate surface area is 105 Å². The van der Waals surface area contributed by atoms with Crippen LogP contribution < -0.4 is 20.9 Å². The van der Waals surface area contributed by atoms with Crippen LogP contribution in [-0.2, 0) is 4.79 Å². The predicted molar refractivity (Wildman–Crippen MR) is 65.9 cm³/mol. The molecule has 17 heavy (non-hydrogen) atoms. The van der Waals surface area contributed by atoms with E-state index >= 15 is 0 Å². The van der Waals surface area contributed by atoms with E-state index in [1.807, 2.05) is 0 Å². The van der Waals surface area contributed by atoms with Crippen molar-refractivity contribution in [2.45, 2.75) is 0 Å². The van der Waals surface area contributed by atoms with Gasteiger partial charge in [-0.3, -0.25) is 10.2 Å². The fourth-order valence-electron chi connectivity index (χ4n) is 1.18. The number of para-hydroxylation sites is 1. The zero-order valence-electron chi connectivity index (χ0n) is 9.23. The van der Waals surface area contributed by atoms with Crippen LogP contribution in [0.2, 0.25) is 0 Å². The highest BCUT2D eigenvalue weighted by molar-refractivity contribution is 5.98. The van der Waals surface area contributed by atoms with Gasteiger partial charge in [-0.05, 0) is 12.1 Å². The Balaban J connectivity index is 0.00000256. The van der Waals surface area contributed by atoms with E-state index in [0.29, 0.717) is 11.3 Å². The summed E-state index contributed by atoms with van der Waals surface area (Å²) in [6, 6.07) is 4.91. The van der Waals surface area contributed by atoms with Gasteiger partial charge in [0.25, 0.3) is 5.91 Å². The Kier molecular flexibility index (Phi) is 5.84. The lowest BCUT2D eigenvalue weighted by Crippen LogP contribution is -2.22. The maximum Gasteiger partial charge on any atom is 0.255 e. The molecule has 0 heterocycles. The zero-order valence-corrected chi connectivity index (χ0v) is 10.0. The number of carbonyl (C=O) groups excluding carboxylic acids is 1. The van der Waals surface area contributed by atoms with Gasteiger partial charge >= 0.3 is 0 Å². The lowest BCUT2D eigenvalue weighted by Gasteiger charge is -2.12. The second-order valence-electron chi connectivity index (χ2n) is 3.01. The molecule has 1 amide bonds. The second kappa shape index (κ2) is 6.59. The van der Waals surface area contributed by atoms with E-state index in [4.69, 9.17) is 26.4 Å². The molecule has 5 N–H and O–H groups in total. The summed E-state index contributed by atoms with van der Waals surface area (Å²) in [6.07, 6.45) is 0. The normalized spacial score (nSPS) is 9.00. The molecule has 94 valence electrons. The number of amidine groups is 1. The lowest BCUT2D eigenvalue weighted by molar-refractivity contribution is -0.119. The number of hydrogen-bond donors (Lipinski definition) is 3. The molecule has 0 aliphatic rings. The van der Waals surface area contributed by atoms with E-state index in [2.05, 4.69) is 0 Å². The number of nitrogen functional groups attached to an aromatic ring is 1. The van der Waals surface area contributed by atoms with Crippen molar-refractivity contribution in [1.29, 1.82) is 5.41 Å². The van der Waals surface area contributed by atoms with Crippen molar-refractivity contribution in [2.24, 2.45) is 11.5 Å². The van der Waals surface area contributed by atoms with E-state index in [-0.39, 0.29) is 30.6 Å². The molecule has 0 fully saturated rings. The average molecular weight is 260 g/mol. The Hall–Kier alpha value is -1.95. The summed E-state index contributed by atoms with van der Waals surface area (Å²) in [6.45, 7) is -0.291. The van der Waals surface area contributed by atoms with Crippen LogP contribution in [0.15, 0.2) is 18.2 Å². The van der Waals surface area contributed by atoms with Gasteiger partial charge in [0.15, 0.2) is 18.1 Å². The topological polar surface area (TPSA) is 111 Å². The van der Waals surface area contributed by atoms with E-state index < -0.39 is 5.91 Å². The summed E-state index contributed by atoms with van der Waals surface area (Å²) in [5.74, 6) is -0.135. The number of halogens is 1. The molecular weight excluding hydrogens is 246 g/mol. The van der Waals surface area contributed by atoms with Crippen molar-refractivity contribution in [3.63, 3.8) is 0 Å². The van der Waals surface area contributed by atoms with Gasteiger partial charge in [0.1, 0.15) is 5.84 Å². The quantitative estimate of drug-likeness (QED) is 0.520. The van der Waals surface area contributed by atoms with Gasteiger partial charge in [0.2, 0.25) is 0 Å². The van der Waals surface area contributed by atoms with Gasteiger partial charge in [-0.15, -0.1) is 12.4 Å². The highest BCUT2D eigenvalue weighted by Crippen LogP contribution is 2.30. The van der Waals surface area contributed by atoms with Crippen molar-refractivity contribution in [2.75, 3.05) is 13.7 Å². The number of hydrogen-bond acceptors (Lipinski definition) is 4. The highest BCUT2D eigenvalue weighted by Gasteiger charge is 2.13. The van der Waals surface area contributed by atoms with E-state index in [1.165, 1.54) is 7.11 Å². The minimum absolute atomic E-state index is 0. The first kappa shape index (κ1) is 15.0. The third kappa shape index (κ3) is 3.84. The molecule has 6 nitrogen and oxygen atoms in total. The van der Waals surface area contributed by atoms with Gasteiger partial charge in [-0.25, -0.2) is 0 Å². The first-order chi connectivity index (χ1) is 7.56. The van der Waals surface area contributed by atoms with Crippen molar-refractivity contribution >= 4 is 24.1 Å². The second-order valence-corrected chi connectivity index (χ2v) is 3.01. The van der Waals surface area contributed by atoms with Crippen LogP contribution in [0.3, 0.4) is 0 Å². The van der Waals surface area contributed by atoms with Crippen LogP contribution in [0, 0.1) is 5.41 Å². The first-order valence-electron chi connectivity index (χ1n) is 4.48. The minimum atomic E-state index is -0.611. The average Bonchev–Trinajstić information content (AvgIpc) is 2.25. The maximum atomic E-state index is 10.6. The van der Waals surface area contributed by atoms with Crippen molar-refractivity contribution < 1.29 is 14.3 Å². The molecule has 0 bridgehead atoms. The van der Waals surface area contributed by atoms with E-state index in [1.54, 1.807) is 18.2 Å². The minimum Gasteiger partial charge on any atom is -0.493 e. The number of methoxy groups -OCH3 is 1. The summed E-state index contributed by atoms with van der Waals surface area (Å²) in [4.78, 5) is 10.6. The Morgan fingerprint density at radius 3 is 2.53 bits per heavy atom. The fraction of sp³-hybridized carbons (Fsp3) is 0.200. The molecule has 0 aliphatic carbocycles. The van der Waals surface area contributed by atoms with Crippen LogP contribution in [0.25, 0.3) is 0 Å². The number of carbonyl (C=O) groups is 1. The molecule has 0 aliphatic heterocycles. The number of amides is 1. The van der Waals surface area contributed by atoms with Crippen LogP contribution in [-0.4, -0.2) is 25.5 Å². The molecule has 0 saturated heterocycles. The van der Waals surface area contributed by atoms with Gasteiger partial charge < -0.3 is 20.9 Å².